The normalized spacial score (nSPS) is 16.5. The van der Waals surface area contributed by atoms with Crippen LogP contribution >= 0.6 is 0 Å². The van der Waals surface area contributed by atoms with Crippen molar-refractivity contribution in [1.29, 1.82) is 0 Å². The van der Waals surface area contributed by atoms with E-state index in [1.54, 1.807) is 0 Å². The van der Waals surface area contributed by atoms with Gasteiger partial charge in [0.15, 0.2) is 0 Å². The Kier molecular flexibility index (Phi) is 5.56. The first kappa shape index (κ1) is 12.0. The number of rotatable bonds is 6. The van der Waals surface area contributed by atoms with Gasteiger partial charge in [0.1, 0.15) is 0 Å². The minimum absolute atomic E-state index is 0.427. The largest absolute Gasteiger partial charge is 0.390 e. The summed E-state index contributed by atoms with van der Waals surface area (Å²) in [6.45, 7) is 8.47. The molecule has 74 valence electrons. The van der Waals surface area contributed by atoms with Gasteiger partial charge in [-0.15, -0.1) is 0 Å². The molecule has 1 N–H and O–H groups in total. The van der Waals surface area contributed by atoms with E-state index in [2.05, 4.69) is 20.8 Å². The summed E-state index contributed by atoms with van der Waals surface area (Å²) in [6, 6.07) is 0. The highest BCUT2D eigenvalue weighted by atomic mass is 16.3. The second-order valence-electron chi connectivity index (χ2n) is 4.55. The molecule has 0 saturated carbocycles. The molecule has 1 nitrogen and oxygen atoms in total. The van der Waals surface area contributed by atoms with Gasteiger partial charge in [-0.2, -0.15) is 0 Å². The summed E-state index contributed by atoms with van der Waals surface area (Å²) in [5, 5.41) is 9.91. The second kappa shape index (κ2) is 5.58. The first-order valence-electron chi connectivity index (χ1n) is 5.20. The lowest BCUT2D eigenvalue weighted by Crippen LogP contribution is -2.25. The topological polar surface area (TPSA) is 20.2 Å². The molecule has 1 atom stereocenters. The highest BCUT2D eigenvalue weighted by Gasteiger charge is 2.20. The number of hydrogen-bond donors (Lipinski definition) is 1. The van der Waals surface area contributed by atoms with Crippen LogP contribution in [0.4, 0.5) is 0 Å². The van der Waals surface area contributed by atoms with Gasteiger partial charge in [-0.1, -0.05) is 40.0 Å². The first-order valence-corrected chi connectivity index (χ1v) is 5.20. The van der Waals surface area contributed by atoms with E-state index < -0.39 is 5.60 Å². The maximum Gasteiger partial charge on any atom is 0.0622 e. The standard InChI is InChI=1S/C11H24O/c1-5-6-7-8-11(4,12)9-10(2)3/h10,12H,5-9H2,1-4H3/t11-/m1/s1. The monoisotopic (exact) mass is 172 g/mol. The fourth-order valence-corrected chi connectivity index (χ4v) is 1.74. The molecule has 12 heavy (non-hydrogen) atoms. The average Bonchev–Trinajstić information content (AvgIpc) is 1.84. The van der Waals surface area contributed by atoms with Gasteiger partial charge in [0.25, 0.3) is 0 Å². The lowest BCUT2D eigenvalue weighted by molar-refractivity contribution is 0.0275. The lowest BCUT2D eigenvalue weighted by atomic mass is 9.89. The van der Waals surface area contributed by atoms with E-state index in [-0.39, 0.29) is 0 Å². The van der Waals surface area contributed by atoms with Gasteiger partial charge >= 0.3 is 0 Å². The maximum absolute atomic E-state index is 9.91. The third-order valence-corrected chi connectivity index (χ3v) is 2.17. The van der Waals surface area contributed by atoms with Crippen molar-refractivity contribution in [3.63, 3.8) is 0 Å². The summed E-state index contributed by atoms with van der Waals surface area (Å²) in [4.78, 5) is 0. The minimum atomic E-state index is -0.427. The first-order chi connectivity index (χ1) is 5.48. The number of unbranched alkanes of at least 4 members (excludes halogenated alkanes) is 2. The lowest BCUT2D eigenvalue weighted by Gasteiger charge is -2.25. The Morgan fingerprint density at radius 1 is 1.25 bits per heavy atom. The zero-order valence-electron chi connectivity index (χ0n) is 9.06. The highest BCUT2D eigenvalue weighted by molar-refractivity contribution is 4.73. The van der Waals surface area contributed by atoms with E-state index in [1.807, 2.05) is 6.92 Å². The summed E-state index contributed by atoms with van der Waals surface area (Å²) in [5.74, 6) is 0.599. The van der Waals surface area contributed by atoms with Crippen molar-refractivity contribution in [3.05, 3.63) is 0 Å². The Morgan fingerprint density at radius 3 is 2.25 bits per heavy atom. The van der Waals surface area contributed by atoms with Crippen LogP contribution in [0.25, 0.3) is 0 Å². The predicted molar refractivity (Wildman–Crippen MR) is 54.2 cm³/mol. The molecule has 0 rings (SSSR count). The molecule has 0 spiro atoms. The van der Waals surface area contributed by atoms with Gasteiger partial charge < -0.3 is 5.11 Å². The summed E-state index contributed by atoms with van der Waals surface area (Å²) in [6.07, 6.45) is 5.53. The summed E-state index contributed by atoms with van der Waals surface area (Å²) in [5.41, 5.74) is -0.427. The minimum Gasteiger partial charge on any atom is -0.390 e. The summed E-state index contributed by atoms with van der Waals surface area (Å²) < 4.78 is 0. The van der Waals surface area contributed by atoms with Gasteiger partial charge in [0.2, 0.25) is 0 Å². The molecule has 0 radical (unpaired) electrons. The molecule has 0 unspecified atom stereocenters. The molecule has 0 aromatic heterocycles. The molecule has 0 aromatic carbocycles. The smallest absolute Gasteiger partial charge is 0.0622 e. The van der Waals surface area contributed by atoms with Crippen LogP contribution in [0.1, 0.15) is 59.8 Å². The molecule has 0 saturated heterocycles. The van der Waals surface area contributed by atoms with Crippen LogP contribution in [0, 0.1) is 5.92 Å². The van der Waals surface area contributed by atoms with E-state index in [0.717, 1.165) is 19.3 Å². The van der Waals surface area contributed by atoms with E-state index in [1.165, 1.54) is 12.8 Å². The van der Waals surface area contributed by atoms with Crippen molar-refractivity contribution in [2.45, 2.75) is 65.4 Å². The number of hydrogen-bond acceptors (Lipinski definition) is 1. The highest BCUT2D eigenvalue weighted by Crippen LogP contribution is 2.22. The Hall–Kier alpha value is -0.0400. The fourth-order valence-electron chi connectivity index (χ4n) is 1.74. The Labute approximate surface area is 77.2 Å². The molecular formula is C11H24O. The van der Waals surface area contributed by atoms with Crippen molar-refractivity contribution >= 4 is 0 Å². The molecule has 0 fully saturated rings. The van der Waals surface area contributed by atoms with Crippen molar-refractivity contribution in [3.8, 4) is 0 Å². The van der Waals surface area contributed by atoms with Crippen LogP contribution in [0.15, 0.2) is 0 Å². The molecule has 0 heterocycles. The summed E-state index contributed by atoms with van der Waals surface area (Å²) in [7, 11) is 0. The van der Waals surface area contributed by atoms with Crippen LogP contribution in [0.2, 0.25) is 0 Å². The van der Waals surface area contributed by atoms with Crippen molar-refractivity contribution in [1.82, 2.24) is 0 Å². The fraction of sp³-hybridized carbons (Fsp3) is 1.00. The van der Waals surface area contributed by atoms with E-state index in [4.69, 9.17) is 0 Å². The SMILES string of the molecule is CCCCC[C@@](C)(O)CC(C)C. The van der Waals surface area contributed by atoms with E-state index in [9.17, 15) is 5.11 Å². The molecule has 1 heteroatoms. The quantitative estimate of drug-likeness (QED) is 0.609. The summed E-state index contributed by atoms with van der Waals surface area (Å²) >= 11 is 0. The van der Waals surface area contributed by atoms with Crippen LogP contribution in [0.3, 0.4) is 0 Å². The Balaban J connectivity index is 3.56. The van der Waals surface area contributed by atoms with Crippen molar-refractivity contribution in [2.75, 3.05) is 0 Å². The molecular weight excluding hydrogens is 148 g/mol. The molecule has 0 amide bonds. The molecule has 0 bridgehead atoms. The van der Waals surface area contributed by atoms with Gasteiger partial charge in [-0.3, -0.25) is 0 Å². The van der Waals surface area contributed by atoms with Crippen LogP contribution in [0.5, 0.6) is 0 Å². The maximum atomic E-state index is 9.91. The van der Waals surface area contributed by atoms with Crippen LogP contribution in [-0.2, 0) is 0 Å². The Morgan fingerprint density at radius 2 is 1.83 bits per heavy atom. The third kappa shape index (κ3) is 6.66. The molecule has 0 aliphatic heterocycles. The van der Waals surface area contributed by atoms with Crippen molar-refractivity contribution < 1.29 is 5.11 Å². The second-order valence-corrected chi connectivity index (χ2v) is 4.55. The van der Waals surface area contributed by atoms with E-state index >= 15 is 0 Å². The predicted octanol–water partition coefficient (Wildman–Crippen LogP) is 3.36. The Bertz CT molecular complexity index is 106. The van der Waals surface area contributed by atoms with E-state index in [0.29, 0.717) is 5.92 Å². The van der Waals surface area contributed by atoms with Gasteiger partial charge in [0.05, 0.1) is 5.60 Å². The van der Waals surface area contributed by atoms with Crippen molar-refractivity contribution in [2.24, 2.45) is 5.92 Å². The van der Waals surface area contributed by atoms with Gasteiger partial charge in [-0.25, -0.2) is 0 Å². The molecule has 0 aliphatic carbocycles. The third-order valence-electron chi connectivity index (χ3n) is 2.17. The average molecular weight is 172 g/mol. The van der Waals surface area contributed by atoms with Crippen LogP contribution in [-0.4, -0.2) is 10.7 Å². The zero-order chi connectivity index (χ0) is 9.61. The van der Waals surface area contributed by atoms with Crippen LogP contribution < -0.4 is 0 Å². The zero-order valence-corrected chi connectivity index (χ0v) is 9.06. The molecule has 0 aromatic rings. The number of aliphatic hydroxyl groups is 1. The molecule has 0 aliphatic rings. The van der Waals surface area contributed by atoms with Gasteiger partial charge in [0, 0.05) is 0 Å². The van der Waals surface area contributed by atoms with Gasteiger partial charge in [-0.05, 0) is 25.7 Å².